The summed E-state index contributed by atoms with van der Waals surface area (Å²) < 4.78 is 27.9. The van der Waals surface area contributed by atoms with Crippen LogP contribution in [0.5, 0.6) is 0 Å². The molecule has 3 heterocycles. The van der Waals surface area contributed by atoms with Gasteiger partial charge in [0.15, 0.2) is 0 Å². The number of piperidine rings is 1. The Labute approximate surface area is 190 Å². The summed E-state index contributed by atoms with van der Waals surface area (Å²) in [7, 11) is 0. The van der Waals surface area contributed by atoms with E-state index in [0.717, 1.165) is 34.9 Å². The number of carbonyl (C=O) groups excluding carboxylic acids is 1. The number of halogens is 2. The highest BCUT2D eigenvalue weighted by Gasteiger charge is 2.27. The van der Waals surface area contributed by atoms with Gasteiger partial charge in [0.05, 0.1) is 0 Å². The molecule has 0 spiro atoms. The first kappa shape index (κ1) is 21.2. The van der Waals surface area contributed by atoms with Crippen LogP contribution in [0.3, 0.4) is 0 Å². The minimum Gasteiger partial charge on any atom is -0.337 e. The first-order valence-corrected chi connectivity index (χ1v) is 11.1. The highest BCUT2D eigenvalue weighted by atomic mass is 19.1. The molecule has 0 saturated carbocycles. The van der Waals surface area contributed by atoms with Crippen LogP contribution in [-0.2, 0) is 6.42 Å². The van der Waals surface area contributed by atoms with Crippen LogP contribution in [-0.4, -0.2) is 33.9 Å². The molecule has 1 amide bonds. The summed E-state index contributed by atoms with van der Waals surface area (Å²) in [5.41, 5.74) is 2.15. The summed E-state index contributed by atoms with van der Waals surface area (Å²) in [6.07, 6.45) is 5.31. The van der Waals surface area contributed by atoms with Crippen LogP contribution in [0.25, 0.3) is 10.8 Å². The molecule has 0 radical (unpaired) electrons. The van der Waals surface area contributed by atoms with Crippen LogP contribution in [0.15, 0.2) is 73.1 Å². The Kier molecular flexibility index (Phi) is 5.82. The van der Waals surface area contributed by atoms with E-state index in [1.54, 1.807) is 12.4 Å². The number of rotatable bonds is 4. The van der Waals surface area contributed by atoms with E-state index >= 15 is 0 Å². The molecule has 166 valence electrons. The lowest BCUT2D eigenvalue weighted by molar-refractivity contribution is 0.0702. The van der Waals surface area contributed by atoms with Crippen LogP contribution in [0.1, 0.15) is 46.1 Å². The number of aromatic nitrogens is 2. The second-order valence-electron chi connectivity index (χ2n) is 8.44. The van der Waals surface area contributed by atoms with Gasteiger partial charge in [0.1, 0.15) is 17.3 Å². The topological polar surface area (TPSA) is 46.1 Å². The number of hydrogen-bond acceptors (Lipinski definition) is 3. The third kappa shape index (κ3) is 4.33. The molecule has 1 aliphatic rings. The molecule has 0 bridgehead atoms. The fourth-order valence-electron chi connectivity index (χ4n) is 4.53. The van der Waals surface area contributed by atoms with E-state index in [1.807, 2.05) is 47.4 Å². The lowest BCUT2D eigenvalue weighted by atomic mass is 9.93. The summed E-state index contributed by atoms with van der Waals surface area (Å²) in [5, 5.41) is 1.85. The zero-order valence-corrected chi connectivity index (χ0v) is 18.0. The minimum absolute atomic E-state index is 0.0454. The van der Waals surface area contributed by atoms with Gasteiger partial charge in [-0.3, -0.25) is 14.8 Å². The van der Waals surface area contributed by atoms with Crippen molar-refractivity contribution in [3.8, 4) is 0 Å². The molecule has 4 aromatic rings. The first-order chi connectivity index (χ1) is 16.1. The Hall–Kier alpha value is -3.67. The van der Waals surface area contributed by atoms with Gasteiger partial charge in [-0.05, 0) is 48.1 Å². The molecule has 2 aromatic heterocycles. The predicted octanol–water partition coefficient (Wildman–Crippen LogP) is 5.52. The van der Waals surface area contributed by atoms with Crippen molar-refractivity contribution in [2.45, 2.75) is 25.2 Å². The Morgan fingerprint density at radius 1 is 0.970 bits per heavy atom. The number of carbonyl (C=O) groups is 1. The number of pyridine rings is 2. The number of amides is 1. The van der Waals surface area contributed by atoms with Crippen molar-refractivity contribution in [3.05, 3.63) is 107 Å². The molecule has 5 rings (SSSR count). The van der Waals surface area contributed by atoms with Crippen LogP contribution < -0.4 is 0 Å². The summed E-state index contributed by atoms with van der Waals surface area (Å²) in [4.78, 5) is 24.1. The molecule has 1 atom stereocenters. The second-order valence-corrected chi connectivity index (χ2v) is 8.44. The quantitative estimate of drug-likeness (QED) is 0.417. The van der Waals surface area contributed by atoms with Crippen LogP contribution in [0.2, 0.25) is 0 Å². The number of benzene rings is 2. The second kappa shape index (κ2) is 9.06. The normalized spacial score (nSPS) is 16.2. The number of hydrogen-bond donors (Lipinski definition) is 0. The molecule has 0 aliphatic carbocycles. The fourth-order valence-corrected chi connectivity index (χ4v) is 4.53. The number of likely N-dealkylation sites (tertiary alicyclic amines) is 1. The maximum absolute atomic E-state index is 14.0. The van der Waals surface area contributed by atoms with Crippen molar-refractivity contribution in [1.82, 2.24) is 14.9 Å². The zero-order chi connectivity index (χ0) is 22.8. The third-order valence-corrected chi connectivity index (χ3v) is 6.29. The van der Waals surface area contributed by atoms with Gasteiger partial charge in [-0.25, -0.2) is 8.78 Å². The Morgan fingerprint density at radius 3 is 2.58 bits per heavy atom. The molecular formula is C27H23F2N3O. The van der Waals surface area contributed by atoms with E-state index in [4.69, 9.17) is 0 Å². The van der Waals surface area contributed by atoms with E-state index in [1.165, 1.54) is 18.2 Å². The zero-order valence-electron chi connectivity index (χ0n) is 18.0. The van der Waals surface area contributed by atoms with Crippen LogP contribution >= 0.6 is 0 Å². The van der Waals surface area contributed by atoms with Gasteiger partial charge in [-0.15, -0.1) is 0 Å². The fraction of sp³-hybridized carbons (Fsp3) is 0.222. The number of fused-ring (bicyclic) bond motifs is 1. The Balaban J connectivity index is 1.32. The molecule has 33 heavy (non-hydrogen) atoms. The van der Waals surface area contributed by atoms with Gasteiger partial charge < -0.3 is 4.90 Å². The molecule has 1 unspecified atom stereocenters. The Bertz CT molecular complexity index is 1280. The molecule has 1 fully saturated rings. The van der Waals surface area contributed by atoms with Crippen molar-refractivity contribution in [3.63, 3.8) is 0 Å². The molecule has 0 N–H and O–H groups in total. The van der Waals surface area contributed by atoms with E-state index in [2.05, 4.69) is 9.97 Å². The van der Waals surface area contributed by atoms with E-state index in [0.29, 0.717) is 18.8 Å². The van der Waals surface area contributed by atoms with Gasteiger partial charge in [0, 0.05) is 54.5 Å². The lowest BCUT2D eigenvalue weighted by Gasteiger charge is -2.32. The maximum Gasteiger partial charge on any atom is 0.273 e. The molecule has 4 nitrogen and oxygen atoms in total. The van der Waals surface area contributed by atoms with E-state index < -0.39 is 11.6 Å². The van der Waals surface area contributed by atoms with Crippen LogP contribution in [0.4, 0.5) is 8.78 Å². The highest BCUT2D eigenvalue weighted by Crippen LogP contribution is 2.28. The summed E-state index contributed by atoms with van der Waals surface area (Å²) in [5.74, 6) is -1.06. The summed E-state index contributed by atoms with van der Waals surface area (Å²) in [6.45, 7) is 1.25. The largest absolute Gasteiger partial charge is 0.337 e. The lowest BCUT2D eigenvalue weighted by Crippen LogP contribution is -2.39. The third-order valence-electron chi connectivity index (χ3n) is 6.29. The maximum atomic E-state index is 14.0. The number of nitrogens with zero attached hydrogens (tertiary/aromatic N) is 3. The first-order valence-electron chi connectivity index (χ1n) is 11.1. The molecule has 1 saturated heterocycles. The van der Waals surface area contributed by atoms with E-state index in [9.17, 15) is 13.6 Å². The molecule has 1 aliphatic heterocycles. The van der Waals surface area contributed by atoms with Gasteiger partial charge in [0.25, 0.3) is 5.91 Å². The highest BCUT2D eigenvalue weighted by molar-refractivity contribution is 6.05. The average molecular weight is 443 g/mol. The smallest absolute Gasteiger partial charge is 0.273 e. The molecule has 2 aromatic carbocycles. The molecular weight excluding hydrogens is 420 g/mol. The van der Waals surface area contributed by atoms with Crippen molar-refractivity contribution < 1.29 is 13.6 Å². The van der Waals surface area contributed by atoms with Crippen molar-refractivity contribution in [2.75, 3.05) is 13.1 Å². The predicted molar refractivity (Wildman–Crippen MR) is 123 cm³/mol. The van der Waals surface area contributed by atoms with Crippen molar-refractivity contribution in [2.24, 2.45) is 0 Å². The SMILES string of the molecule is O=C(c1nccc2ccccc12)N1CCCC(c2ccc(Cc3c(F)cccc3F)cn2)C1. The monoisotopic (exact) mass is 443 g/mol. The standard InChI is InChI=1S/C27H23F2N3O/c28-23-8-3-9-24(29)22(23)15-18-10-11-25(31-16-18)20-6-4-14-32(17-20)27(33)26-21-7-2-1-5-19(21)12-13-30-26/h1-3,5,7-13,16,20H,4,6,14-15,17H2. The van der Waals surface area contributed by atoms with Gasteiger partial charge in [0.2, 0.25) is 0 Å². The van der Waals surface area contributed by atoms with Crippen molar-refractivity contribution >= 4 is 16.7 Å². The minimum atomic E-state index is -0.553. The average Bonchev–Trinajstić information content (AvgIpc) is 2.86. The molecule has 6 heteroatoms. The summed E-state index contributed by atoms with van der Waals surface area (Å²) >= 11 is 0. The van der Waals surface area contributed by atoms with E-state index in [-0.39, 0.29) is 23.8 Å². The Morgan fingerprint density at radius 2 is 1.79 bits per heavy atom. The van der Waals surface area contributed by atoms with Crippen molar-refractivity contribution in [1.29, 1.82) is 0 Å². The van der Waals surface area contributed by atoms with Crippen LogP contribution in [0, 0.1) is 11.6 Å². The van der Waals surface area contributed by atoms with Gasteiger partial charge >= 0.3 is 0 Å². The van der Waals surface area contributed by atoms with Gasteiger partial charge in [-0.2, -0.15) is 0 Å². The van der Waals surface area contributed by atoms with Gasteiger partial charge in [-0.1, -0.05) is 36.4 Å². The summed E-state index contributed by atoms with van der Waals surface area (Å²) in [6, 6.07) is 17.3.